The Morgan fingerprint density at radius 1 is 0.101 bits per heavy atom. The summed E-state index contributed by atoms with van der Waals surface area (Å²) in [5.41, 5.74) is 36.9. The summed E-state index contributed by atoms with van der Waals surface area (Å²) in [7, 11) is 8.67. The summed E-state index contributed by atoms with van der Waals surface area (Å²) >= 11 is 0. The fourth-order valence-corrected chi connectivity index (χ4v) is 22.2. The molecule has 8 nitrogen and oxygen atoms in total. The number of hydrogen-bond acceptors (Lipinski definition) is 0. The molecule has 21 aromatic carbocycles. The quantitative estimate of drug-likeness (QED) is 0.138. The van der Waals surface area contributed by atoms with Crippen molar-refractivity contribution in [3.63, 3.8) is 0 Å². The van der Waals surface area contributed by atoms with E-state index in [0.717, 1.165) is 0 Å². The van der Waals surface area contributed by atoms with Gasteiger partial charge >= 0.3 is 0 Å². The van der Waals surface area contributed by atoms with Crippen LogP contribution in [0.5, 0.6) is 0 Å². The summed E-state index contributed by atoms with van der Waals surface area (Å²) in [6.45, 7) is 0. The Kier molecular flexibility index (Phi) is 19.4. The summed E-state index contributed by atoms with van der Waals surface area (Å²) in [6, 6.07) is 175. The molecule has 0 fully saturated rings. The van der Waals surface area contributed by atoms with Crippen LogP contribution >= 0.6 is 0 Å². The molecule has 652 valence electrons. The highest BCUT2D eigenvalue weighted by Crippen LogP contribution is 2.46. The Hall–Kier alpha value is -18.0. The lowest BCUT2D eigenvalue weighted by Crippen LogP contribution is -1.96. The highest BCUT2D eigenvalue weighted by Gasteiger charge is 2.24. The summed E-state index contributed by atoms with van der Waals surface area (Å²) in [4.78, 5) is 0. The topological polar surface area (TPSA) is 39.4 Å². The normalized spacial score (nSPS) is 11.8. The van der Waals surface area contributed by atoms with Crippen LogP contribution in [0, 0.1) is 0 Å². The zero-order valence-electron chi connectivity index (χ0n) is 76.8. The number of hydrogen-bond donors (Lipinski definition) is 0. The number of para-hydroxylation sites is 9. The van der Waals surface area contributed by atoms with E-state index in [2.05, 4.69) is 550 Å². The van der Waals surface area contributed by atoms with Gasteiger partial charge in [0.2, 0.25) is 0 Å². The predicted octanol–water partition coefficient (Wildman–Crippen LogP) is 34.0. The van der Waals surface area contributed by atoms with Crippen LogP contribution in [0.4, 0.5) is 0 Å². The second-order valence-corrected chi connectivity index (χ2v) is 36.5. The van der Waals surface area contributed by atoms with Crippen molar-refractivity contribution < 1.29 is 0 Å². The van der Waals surface area contributed by atoms with Crippen molar-refractivity contribution in [3.05, 3.63) is 485 Å². The average molecular weight is 1770 g/mol. The van der Waals surface area contributed by atoms with Gasteiger partial charge in [-0.2, -0.15) is 0 Å². The molecule has 8 heterocycles. The summed E-state index contributed by atoms with van der Waals surface area (Å²) < 4.78 is 18.9. The standard InChI is InChI=1S/2C37H26N2.C31H22N2.C25H18N2/c1-38-34-18-10-8-16-30(34)32-23-33-31-17-9-11-19-35(31)39(37(33)24-36(32)38)29-21-27(25-12-4-2-5-13-25)20-28(22-29)26-14-6-3-7-15-26;1-38-34-13-7-5-11-30(34)32-23-33-31-12-6-8-14-35(31)39(37(33)24-36(32)38)29-21-19-28(20-22-29)27-17-15-26(16-18-27)25-9-3-2-4-10-25;1-32-28-13-7-5-11-24(28)26-19-27-25-12-6-8-14-29(25)33(31(27)20-30(26)32)23-17-15-22(16-18-23)21-9-3-2-4-10-21;1-26-22-13-7-5-11-18(22)20-15-21-19-12-6-8-14-23(19)27(25(21)16-24(20)26)17-9-3-2-4-10-17/h2*2-24H,1H3;2-20H,1H3;2-16H,1H3. The molecule has 0 aliphatic heterocycles. The van der Waals surface area contributed by atoms with Crippen LogP contribution in [-0.2, 0) is 28.2 Å². The van der Waals surface area contributed by atoms with Gasteiger partial charge in [0.15, 0.2) is 0 Å². The highest BCUT2D eigenvalue weighted by molar-refractivity contribution is 6.23. The van der Waals surface area contributed by atoms with E-state index in [1.54, 1.807) is 0 Å². The van der Waals surface area contributed by atoms with Crippen molar-refractivity contribution in [2.45, 2.75) is 0 Å². The van der Waals surface area contributed by atoms with Gasteiger partial charge in [-0.25, -0.2) is 0 Å². The zero-order chi connectivity index (χ0) is 91.7. The van der Waals surface area contributed by atoms with E-state index in [4.69, 9.17) is 0 Å². The van der Waals surface area contributed by atoms with Crippen molar-refractivity contribution in [1.29, 1.82) is 0 Å². The maximum atomic E-state index is 2.45. The van der Waals surface area contributed by atoms with Gasteiger partial charge in [0, 0.05) is 159 Å². The molecule has 0 bridgehead atoms. The molecule has 0 N–H and O–H groups in total. The molecule has 8 heteroatoms. The van der Waals surface area contributed by atoms with E-state index in [1.807, 2.05) is 0 Å². The van der Waals surface area contributed by atoms with Crippen molar-refractivity contribution >= 4 is 174 Å². The summed E-state index contributed by atoms with van der Waals surface area (Å²) in [6.07, 6.45) is 0. The number of aryl methyl sites for hydroxylation is 4. The largest absolute Gasteiger partial charge is 0.344 e. The lowest BCUT2D eigenvalue weighted by Gasteiger charge is -2.14. The summed E-state index contributed by atoms with van der Waals surface area (Å²) in [5, 5.41) is 20.7. The van der Waals surface area contributed by atoms with Crippen LogP contribution in [0.15, 0.2) is 485 Å². The molecule has 0 aliphatic rings. The third-order valence-corrected chi connectivity index (χ3v) is 28.9. The van der Waals surface area contributed by atoms with Crippen LogP contribution in [0.3, 0.4) is 0 Å². The molecule has 8 aromatic heterocycles. The van der Waals surface area contributed by atoms with Crippen molar-refractivity contribution in [2.75, 3.05) is 0 Å². The molecule has 0 unspecified atom stereocenters. The van der Waals surface area contributed by atoms with Crippen molar-refractivity contribution in [2.24, 2.45) is 28.2 Å². The second-order valence-electron chi connectivity index (χ2n) is 36.5. The molecule has 0 amide bonds. The number of nitrogens with zero attached hydrogens (tertiary/aromatic N) is 8. The molecule has 0 spiro atoms. The molecule has 29 rings (SSSR count). The fourth-order valence-electron chi connectivity index (χ4n) is 22.2. The van der Waals surface area contributed by atoms with Gasteiger partial charge in [0.1, 0.15) is 0 Å². The Morgan fingerprint density at radius 2 is 0.275 bits per heavy atom. The molecule has 29 aromatic rings. The Bertz CT molecular complexity index is 9770. The first-order valence-corrected chi connectivity index (χ1v) is 47.5. The van der Waals surface area contributed by atoms with E-state index in [9.17, 15) is 0 Å². The third-order valence-electron chi connectivity index (χ3n) is 28.9. The monoisotopic (exact) mass is 1760 g/mol. The molecule has 138 heavy (non-hydrogen) atoms. The maximum Gasteiger partial charge on any atom is 0.0562 e. The zero-order valence-corrected chi connectivity index (χ0v) is 76.8. The second kappa shape index (κ2) is 33.0. The SMILES string of the molecule is Cn1c2ccccc2c2cc3c4ccccc4n(-c4cc(-c5ccccc5)cc(-c5ccccc5)c4)c3cc21.Cn1c2ccccc2c2cc3c4ccccc4n(-c4ccc(-c5ccc(-c6ccccc6)cc5)cc4)c3cc21.Cn1c2ccccc2c2cc3c4ccccc4n(-c4ccc(-c5ccccc5)cc4)c3cc21.Cn1c2ccccc2c2cc3c4ccccc4n(-c4ccccc4)c3cc21. The molecule has 0 radical (unpaired) electrons. The van der Waals surface area contributed by atoms with Crippen LogP contribution in [0.25, 0.3) is 253 Å². The maximum absolute atomic E-state index is 2.45. The van der Waals surface area contributed by atoms with Gasteiger partial charge in [-0.3, -0.25) is 0 Å². The Morgan fingerprint density at radius 3 is 0.529 bits per heavy atom. The molecular formula is C130H92N8. The molecular weight excluding hydrogens is 1670 g/mol. The number of fused-ring (bicyclic) bond motifs is 24. The van der Waals surface area contributed by atoms with Gasteiger partial charge in [-0.1, -0.05) is 334 Å². The highest BCUT2D eigenvalue weighted by atomic mass is 15.0. The van der Waals surface area contributed by atoms with Crippen LogP contribution < -0.4 is 0 Å². The smallest absolute Gasteiger partial charge is 0.0562 e. The first-order valence-electron chi connectivity index (χ1n) is 47.5. The first-order chi connectivity index (χ1) is 68.1. The van der Waals surface area contributed by atoms with E-state index in [-0.39, 0.29) is 0 Å². The van der Waals surface area contributed by atoms with Crippen molar-refractivity contribution in [3.8, 4) is 78.4 Å². The lowest BCUT2D eigenvalue weighted by atomic mass is 9.98. The van der Waals surface area contributed by atoms with E-state index in [0.29, 0.717) is 0 Å². The Labute approximate surface area is 797 Å². The fraction of sp³-hybridized carbons (Fsp3) is 0.0308. The Balaban J connectivity index is 0.0000000959. The van der Waals surface area contributed by atoms with Crippen LogP contribution in [0.2, 0.25) is 0 Å². The third kappa shape index (κ3) is 13.3. The van der Waals surface area contributed by atoms with Gasteiger partial charge in [-0.15, -0.1) is 0 Å². The lowest BCUT2D eigenvalue weighted by molar-refractivity contribution is 1.01. The molecule has 0 saturated heterocycles. The van der Waals surface area contributed by atoms with Gasteiger partial charge in [0.05, 0.1) is 66.2 Å². The predicted molar refractivity (Wildman–Crippen MR) is 586 cm³/mol. The molecule has 0 aliphatic carbocycles. The first kappa shape index (κ1) is 80.8. The van der Waals surface area contributed by atoms with Gasteiger partial charge in [-0.05, 0) is 207 Å². The summed E-state index contributed by atoms with van der Waals surface area (Å²) in [5.74, 6) is 0. The van der Waals surface area contributed by atoms with Crippen LogP contribution in [0.1, 0.15) is 0 Å². The average Bonchev–Trinajstić information content (AvgIpc) is 1.60. The van der Waals surface area contributed by atoms with E-state index >= 15 is 0 Å². The number of aromatic nitrogens is 8. The molecule has 0 atom stereocenters. The minimum atomic E-state index is 1.17. The van der Waals surface area contributed by atoms with Gasteiger partial charge in [0.25, 0.3) is 0 Å². The minimum Gasteiger partial charge on any atom is -0.344 e. The van der Waals surface area contributed by atoms with Crippen LogP contribution in [-0.4, -0.2) is 36.5 Å². The minimum absolute atomic E-state index is 1.17. The molecule has 0 saturated carbocycles. The van der Waals surface area contributed by atoms with Gasteiger partial charge < -0.3 is 36.5 Å². The van der Waals surface area contributed by atoms with E-state index < -0.39 is 0 Å². The number of rotatable bonds is 9. The number of benzene rings is 21. The van der Waals surface area contributed by atoms with E-state index in [1.165, 1.54) is 253 Å². The van der Waals surface area contributed by atoms with Crippen molar-refractivity contribution in [1.82, 2.24) is 36.5 Å².